The van der Waals surface area contributed by atoms with Crippen LogP contribution in [0.4, 0.5) is 0 Å². The standard InChI is InChI=1S/C20H25NO2.ClH/c1-4-20(17-11-8-12-18(13-17)22-3)15-21(2)14-19(23-20)16-9-6-5-7-10-16;/h5-13,19H,4,14-15H2,1-3H3;1H. The van der Waals surface area contributed by atoms with Crippen molar-refractivity contribution in [1.29, 1.82) is 0 Å². The van der Waals surface area contributed by atoms with E-state index >= 15 is 0 Å². The third-order valence-electron chi connectivity index (χ3n) is 4.71. The number of hydrogen-bond acceptors (Lipinski definition) is 3. The molecule has 1 heterocycles. The Morgan fingerprint density at radius 3 is 2.58 bits per heavy atom. The summed E-state index contributed by atoms with van der Waals surface area (Å²) in [6.45, 7) is 4.00. The molecule has 4 heteroatoms. The monoisotopic (exact) mass is 347 g/mol. The summed E-state index contributed by atoms with van der Waals surface area (Å²) in [7, 11) is 3.88. The second-order valence-corrected chi connectivity index (χ2v) is 6.29. The van der Waals surface area contributed by atoms with Crippen LogP contribution in [0.2, 0.25) is 0 Å². The van der Waals surface area contributed by atoms with Crippen LogP contribution >= 0.6 is 12.4 Å². The fraction of sp³-hybridized carbons (Fsp3) is 0.400. The van der Waals surface area contributed by atoms with Crippen molar-refractivity contribution in [3.05, 3.63) is 65.7 Å². The van der Waals surface area contributed by atoms with Crippen LogP contribution in [0.1, 0.15) is 30.6 Å². The molecule has 0 aromatic heterocycles. The Bertz CT molecular complexity index is 649. The number of likely N-dealkylation sites (N-methyl/N-ethyl adjacent to an activating group) is 1. The molecular formula is C20H26ClNO2. The molecule has 0 bridgehead atoms. The molecule has 1 aliphatic heterocycles. The van der Waals surface area contributed by atoms with Crippen molar-refractivity contribution in [2.75, 3.05) is 27.2 Å². The average molecular weight is 348 g/mol. The molecule has 1 saturated heterocycles. The fourth-order valence-electron chi connectivity index (χ4n) is 3.44. The average Bonchev–Trinajstić information content (AvgIpc) is 2.62. The Morgan fingerprint density at radius 2 is 1.92 bits per heavy atom. The minimum absolute atomic E-state index is 0. The zero-order valence-electron chi connectivity index (χ0n) is 14.6. The number of halogens is 1. The first-order valence-corrected chi connectivity index (χ1v) is 8.23. The van der Waals surface area contributed by atoms with Crippen molar-refractivity contribution in [2.24, 2.45) is 0 Å². The van der Waals surface area contributed by atoms with Crippen molar-refractivity contribution >= 4 is 12.4 Å². The number of benzene rings is 2. The molecule has 2 aromatic carbocycles. The van der Waals surface area contributed by atoms with Crippen LogP contribution in [0.5, 0.6) is 5.75 Å². The van der Waals surface area contributed by atoms with Crippen LogP contribution in [-0.2, 0) is 10.3 Å². The summed E-state index contributed by atoms with van der Waals surface area (Å²) < 4.78 is 12.1. The summed E-state index contributed by atoms with van der Waals surface area (Å²) in [5.41, 5.74) is 2.12. The number of methoxy groups -OCH3 is 1. The summed E-state index contributed by atoms with van der Waals surface area (Å²) in [6.07, 6.45) is 1.01. The third-order valence-corrected chi connectivity index (χ3v) is 4.71. The smallest absolute Gasteiger partial charge is 0.119 e. The van der Waals surface area contributed by atoms with E-state index in [2.05, 4.69) is 55.3 Å². The zero-order valence-corrected chi connectivity index (χ0v) is 15.4. The molecule has 2 atom stereocenters. The Hall–Kier alpha value is -1.55. The predicted octanol–water partition coefficient (Wildman–Crippen LogP) is 4.43. The second-order valence-electron chi connectivity index (χ2n) is 6.29. The van der Waals surface area contributed by atoms with E-state index in [1.165, 1.54) is 11.1 Å². The topological polar surface area (TPSA) is 21.7 Å². The van der Waals surface area contributed by atoms with Crippen LogP contribution < -0.4 is 4.74 Å². The number of ether oxygens (including phenoxy) is 2. The maximum absolute atomic E-state index is 6.67. The van der Waals surface area contributed by atoms with E-state index in [1.54, 1.807) is 7.11 Å². The molecule has 0 saturated carbocycles. The van der Waals surface area contributed by atoms with Gasteiger partial charge in [0, 0.05) is 13.1 Å². The van der Waals surface area contributed by atoms with Gasteiger partial charge < -0.3 is 14.4 Å². The number of rotatable bonds is 4. The normalized spacial score (nSPS) is 24.2. The molecule has 3 rings (SSSR count). The first kappa shape index (κ1) is 18.8. The maximum atomic E-state index is 6.67. The van der Waals surface area contributed by atoms with Gasteiger partial charge in [-0.15, -0.1) is 12.4 Å². The Kier molecular flexibility index (Phi) is 6.27. The van der Waals surface area contributed by atoms with Gasteiger partial charge in [-0.1, -0.05) is 49.4 Å². The number of nitrogens with zero attached hydrogens (tertiary/aromatic N) is 1. The molecule has 1 aliphatic rings. The van der Waals surface area contributed by atoms with E-state index in [9.17, 15) is 0 Å². The first-order valence-electron chi connectivity index (χ1n) is 8.23. The lowest BCUT2D eigenvalue weighted by Gasteiger charge is -2.45. The first-order chi connectivity index (χ1) is 11.2. The van der Waals surface area contributed by atoms with Gasteiger partial charge in [-0.05, 0) is 36.7 Å². The molecule has 1 fully saturated rings. The van der Waals surface area contributed by atoms with E-state index in [0.717, 1.165) is 25.3 Å². The van der Waals surface area contributed by atoms with Crippen LogP contribution in [0.3, 0.4) is 0 Å². The molecule has 24 heavy (non-hydrogen) atoms. The minimum Gasteiger partial charge on any atom is -0.497 e. The summed E-state index contributed by atoms with van der Waals surface area (Å²) in [5.74, 6) is 0.878. The van der Waals surface area contributed by atoms with Gasteiger partial charge in [0.1, 0.15) is 11.4 Å². The van der Waals surface area contributed by atoms with Crippen molar-refractivity contribution in [2.45, 2.75) is 25.0 Å². The summed E-state index contributed by atoms with van der Waals surface area (Å²) >= 11 is 0. The molecule has 0 N–H and O–H groups in total. The van der Waals surface area contributed by atoms with Gasteiger partial charge >= 0.3 is 0 Å². The quantitative estimate of drug-likeness (QED) is 0.816. The molecule has 0 radical (unpaired) electrons. The van der Waals surface area contributed by atoms with Crippen molar-refractivity contribution < 1.29 is 9.47 Å². The van der Waals surface area contributed by atoms with Gasteiger partial charge in [0.15, 0.2) is 0 Å². The summed E-state index contributed by atoms with van der Waals surface area (Å²) in [5, 5.41) is 0. The summed E-state index contributed by atoms with van der Waals surface area (Å²) in [6, 6.07) is 18.8. The van der Waals surface area contributed by atoms with Gasteiger partial charge in [0.2, 0.25) is 0 Å². The maximum Gasteiger partial charge on any atom is 0.119 e. The van der Waals surface area contributed by atoms with Gasteiger partial charge in [-0.25, -0.2) is 0 Å². The Morgan fingerprint density at radius 1 is 1.17 bits per heavy atom. The Labute approximate surface area is 151 Å². The molecule has 130 valence electrons. The van der Waals surface area contributed by atoms with Crippen LogP contribution in [0, 0.1) is 0 Å². The van der Waals surface area contributed by atoms with Crippen molar-refractivity contribution in [1.82, 2.24) is 4.90 Å². The highest BCUT2D eigenvalue weighted by molar-refractivity contribution is 5.85. The SMILES string of the molecule is CCC1(c2cccc(OC)c2)CN(C)CC(c2ccccc2)O1.Cl. The van der Waals surface area contributed by atoms with Crippen LogP contribution in [0.15, 0.2) is 54.6 Å². The van der Waals surface area contributed by atoms with E-state index in [4.69, 9.17) is 9.47 Å². The largest absolute Gasteiger partial charge is 0.497 e. The molecule has 0 amide bonds. The lowest BCUT2D eigenvalue weighted by atomic mass is 9.87. The molecule has 0 spiro atoms. The van der Waals surface area contributed by atoms with E-state index in [1.807, 2.05) is 18.2 Å². The van der Waals surface area contributed by atoms with Gasteiger partial charge in [-0.2, -0.15) is 0 Å². The highest BCUT2D eigenvalue weighted by Crippen LogP contribution is 2.40. The van der Waals surface area contributed by atoms with Crippen LogP contribution in [0.25, 0.3) is 0 Å². The molecule has 2 aromatic rings. The fourth-order valence-corrected chi connectivity index (χ4v) is 3.44. The Balaban J connectivity index is 0.00000208. The zero-order chi connectivity index (χ0) is 16.3. The minimum atomic E-state index is -0.304. The summed E-state index contributed by atoms with van der Waals surface area (Å²) in [4.78, 5) is 2.37. The molecular weight excluding hydrogens is 322 g/mol. The van der Waals surface area contributed by atoms with Crippen molar-refractivity contribution in [3.8, 4) is 5.75 Å². The van der Waals surface area contributed by atoms with Gasteiger partial charge in [0.25, 0.3) is 0 Å². The molecule has 2 unspecified atom stereocenters. The molecule has 3 nitrogen and oxygen atoms in total. The van der Waals surface area contributed by atoms with E-state index in [0.29, 0.717) is 0 Å². The predicted molar refractivity (Wildman–Crippen MR) is 100.0 cm³/mol. The molecule has 0 aliphatic carbocycles. The van der Waals surface area contributed by atoms with Gasteiger partial charge in [0.05, 0.1) is 13.2 Å². The van der Waals surface area contributed by atoms with E-state index < -0.39 is 0 Å². The lowest BCUT2D eigenvalue weighted by molar-refractivity contribution is -0.160. The second kappa shape index (κ2) is 8.02. The van der Waals surface area contributed by atoms with Crippen LogP contribution in [-0.4, -0.2) is 32.1 Å². The third kappa shape index (κ3) is 3.75. The number of morpholine rings is 1. The highest BCUT2D eigenvalue weighted by atomic mass is 35.5. The number of hydrogen-bond donors (Lipinski definition) is 0. The highest BCUT2D eigenvalue weighted by Gasteiger charge is 2.40. The van der Waals surface area contributed by atoms with Gasteiger partial charge in [-0.3, -0.25) is 0 Å². The lowest BCUT2D eigenvalue weighted by Crippen LogP contribution is -2.49. The van der Waals surface area contributed by atoms with E-state index in [-0.39, 0.29) is 24.1 Å². The van der Waals surface area contributed by atoms with Crippen molar-refractivity contribution in [3.63, 3.8) is 0 Å².